The molecule has 5 aromatic rings. The Balaban J connectivity index is 0.000000159. The van der Waals surface area contributed by atoms with Crippen molar-refractivity contribution in [1.29, 1.82) is 0 Å². The number of benzene rings is 4. The molecule has 9 nitrogen and oxygen atoms in total. The van der Waals surface area contributed by atoms with Crippen LogP contribution in [0.3, 0.4) is 0 Å². The highest BCUT2D eigenvalue weighted by atomic mass is 79.9. The van der Waals surface area contributed by atoms with E-state index in [1.54, 1.807) is 0 Å². The quantitative estimate of drug-likeness (QED) is 0.0621. The molecule has 3 heterocycles. The highest BCUT2D eigenvalue weighted by molar-refractivity contribution is 9.10. The van der Waals surface area contributed by atoms with Crippen molar-refractivity contribution in [2.75, 3.05) is 23.9 Å². The lowest BCUT2D eigenvalue weighted by atomic mass is 10.0. The third-order valence-electron chi connectivity index (χ3n) is 8.56. The zero-order valence-electron chi connectivity index (χ0n) is 27.5. The molecule has 4 aromatic carbocycles. The monoisotopic (exact) mass is 871 g/mol. The number of aromatic amines is 1. The van der Waals surface area contributed by atoms with Crippen molar-refractivity contribution < 1.29 is 19.6 Å². The Bertz CT molecular complexity index is 2290. The van der Waals surface area contributed by atoms with Crippen LogP contribution >= 0.6 is 47.8 Å². The summed E-state index contributed by atoms with van der Waals surface area (Å²) in [5, 5.41) is 24.1. The molecule has 3 aliphatic rings. The van der Waals surface area contributed by atoms with Gasteiger partial charge in [0, 0.05) is 48.4 Å². The van der Waals surface area contributed by atoms with Crippen molar-refractivity contribution in [3.05, 3.63) is 127 Å². The molecule has 0 bridgehead atoms. The van der Waals surface area contributed by atoms with Gasteiger partial charge >= 0.3 is 0 Å². The Labute approximate surface area is 319 Å². The number of carbonyl (C=O) groups is 1. The number of alkyl halides is 1. The predicted octanol–water partition coefficient (Wildman–Crippen LogP) is 9.82. The van der Waals surface area contributed by atoms with E-state index in [0.29, 0.717) is 53.2 Å². The highest BCUT2D eigenvalue weighted by Gasteiger charge is 2.34. The first-order chi connectivity index (χ1) is 24.9. The molecule has 258 valence electrons. The Morgan fingerprint density at radius 2 is 1.59 bits per heavy atom. The molecule has 0 unspecified atom stereocenters. The van der Waals surface area contributed by atoms with Gasteiger partial charge in [-0.25, -0.2) is 4.99 Å². The third-order valence-corrected chi connectivity index (χ3v) is 9.87. The second-order valence-corrected chi connectivity index (χ2v) is 14.6. The number of ketones is 1. The van der Waals surface area contributed by atoms with Crippen molar-refractivity contribution in [2.45, 2.75) is 26.2 Å². The van der Waals surface area contributed by atoms with Gasteiger partial charge in [0.05, 0.1) is 22.5 Å². The van der Waals surface area contributed by atoms with Crippen LogP contribution in [-0.2, 0) is 20.9 Å². The number of para-hydroxylation sites is 2. The summed E-state index contributed by atoms with van der Waals surface area (Å²) in [5.41, 5.74) is 10.4. The van der Waals surface area contributed by atoms with Crippen LogP contribution in [0, 0.1) is 0 Å². The Morgan fingerprint density at radius 1 is 0.863 bits per heavy atom. The summed E-state index contributed by atoms with van der Waals surface area (Å²) in [5.74, 6) is 0.169. The van der Waals surface area contributed by atoms with Crippen LogP contribution in [0.15, 0.2) is 115 Å². The number of allylic oxidation sites excluding steroid dienone is 2. The summed E-state index contributed by atoms with van der Waals surface area (Å²) in [6.07, 6.45) is 2.42. The molecule has 0 atom stereocenters. The maximum absolute atomic E-state index is 12.8. The number of carbonyl (C=O) groups excluding carboxylic acids is 1. The van der Waals surface area contributed by atoms with Crippen LogP contribution in [0.25, 0.3) is 16.5 Å². The molecular weight excluding hydrogens is 842 g/mol. The first kappa shape index (κ1) is 34.9. The van der Waals surface area contributed by atoms with Crippen LogP contribution in [0.2, 0.25) is 0 Å². The van der Waals surface area contributed by atoms with Crippen LogP contribution in [-0.4, -0.2) is 51.6 Å². The lowest BCUT2D eigenvalue weighted by Crippen LogP contribution is -2.13. The van der Waals surface area contributed by atoms with Gasteiger partial charge in [0.1, 0.15) is 30.3 Å². The maximum atomic E-state index is 12.8. The van der Waals surface area contributed by atoms with E-state index < -0.39 is 0 Å². The van der Waals surface area contributed by atoms with Gasteiger partial charge in [0.15, 0.2) is 11.7 Å². The van der Waals surface area contributed by atoms with Crippen LogP contribution in [0.1, 0.15) is 47.6 Å². The lowest BCUT2D eigenvalue weighted by molar-refractivity contribution is -0.112. The minimum absolute atomic E-state index is 0.0628. The number of H-pyrrole nitrogens is 1. The van der Waals surface area contributed by atoms with Gasteiger partial charge in [-0.15, -0.1) is 0 Å². The van der Waals surface area contributed by atoms with Crippen LogP contribution in [0.5, 0.6) is 5.88 Å². The Morgan fingerprint density at radius 3 is 2.41 bits per heavy atom. The minimum Gasteiger partial charge on any atom is -0.494 e. The molecule has 51 heavy (non-hydrogen) atoms. The number of hydrogen-bond acceptors (Lipinski definition) is 8. The summed E-state index contributed by atoms with van der Waals surface area (Å²) in [6, 6.07) is 27.4. The summed E-state index contributed by atoms with van der Waals surface area (Å²) < 4.78 is 1.88. The predicted molar refractivity (Wildman–Crippen MR) is 214 cm³/mol. The fraction of sp³-hybridized carbons (Fsp3) is 0.179. The van der Waals surface area contributed by atoms with Gasteiger partial charge in [-0.05, 0) is 60.0 Å². The summed E-state index contributed by atoms with van der Waals surface area (Å²) in [4.78, 5) is 31.4. The first-order valence-corrected chi connectivity index (χ1v) is 19.2. The molecule has 1 aliphatic carbocycles. The number of hydrogen-bond donors (Lipinski definition) is 3. The average molecular weight is 874 g/mol. The molecule has 0 spiro atoms. The Hall–Kier alpha value is -4.52. The normalized spacial score (nSPS) is 17.2. The summed E-state index contributed by atoms with van der Waals surface area (Å²) in [6.45, 7) is 3.13. The molecule has 1 aromatic heterocycles. The SMILES string of the molecule is CCCCO/N=C1/C(=C2/C(=O)Cc3ccc(Br)cc32)Nc2ccccc21.Oc1[nH]c2ccc(Br)cc2c1C1=Nc2ccccc2/C1=N\OCCBr. The van der Waals surface area contributed by atoms with E-state index in [1.807, 2.05) is 84.9 Å². The smallest absolute Gasteiger partial charge is 0.199 e. The number of halogens is 3. The van der Waals surface area contributed by atoms with E-state index in [9.17, 15) is 9.90 Å². The number of nitrogens with zero attached hydrogens (tertiary/aromatic N) is 3. The van der Waals surface area contributed by atoms with Crippen LogP contribution < -0.4 is 5.32 Å². The van der Waals surface area contributed by atoms with Gasteiger partial charge in [-0.3, -0.25) is 4.79 Å². The maximum Gasteiger partial charge on any atom is 0.199 e. The number of Topliss-reactive ketones (excluding diaryl/α,β-unsaturated/α-hetero) is 1. The van der Waals surface area contributed by atoms with Crippen molar-refractivity contribution in [2.24, 2.45) is 15.3 Å². The number of aliphatic imine (C=N–C) groups is 1. The molecule has 3 N–H and O–H groups in total. The third kappa shape index (κ3) is 7.04. The second kappa shape index (κ2) is 15.4. The van der Waals surface area contributed by atoms with E-state index in [1.165, 1.54) is 0 Å². The van der Waals surface area contributed by atoms with Gasteiger partial charge in [0.25, 0.3) is 0 Å². The van der Waals surface area contributed by atoms with Gasteiger partial charge < -0.3 is 25.1 Å². The highest BCUT2D eigenvalue weighted by Crippen LogP contribution is 2.40. The number of aromatic hydroxyl groups is 1. The molecule has 0 radical (unpaired) electrons. The molecule has 0 saturated heterocycles. The van der Waals surface area contributed by atoms with Crippen molar-refractivity contribution in [3.8, 4) is 5.88 Å². The van der Waals surface area contributed by atoms with E-state index in [4.69, 9.17) is 14.7 Å². The van der Waals surface area contributed by atoms with E-state index in [2.05, 4.69) is 75.3 Å². The fourth-order valence-electron chi connectivity index (χ4n) is 6.22. The molecule has 2 aliphatic heterocycles. The second-order valence-electron chi connectivity index (χ2n) is 11.9. The zero-order chi connectivity index (χ0) is 35.5. The fourth-order valence-corrected chi connectivity index (χ4v) is 7.08. The number of rotatable bonds is 8. The largest absolute Gasteiger partial charge is 0.494 e. The topological polar surface area (TPSA) is 121 Å². The standard InChI is InChI=1S/C21H19BrN2O2.C18H13Br2N3O2/c1-2-3-10-26-24-20-15-6-4-5-7-17(15)23-21(20)19-16-12-14(22)9-8-13(16)11-18(19)25;19-7-8-25-23-16-11-3-1-2-4-13(11)21-17(16)15-12-9-10(20)5-6-14(12)22-18(15)24/h4-9,12,23H,2-3,10-11H2,1H3;1-6,9,22,24H,7-8H2/b21-19-,24-20+;23-16+. The van der Waals surface area contributed by atoms with Gasteiger partial charge in [0.2, 0.25) is 0 Å². The summed E-state index contributed by atoms with van der Waals surface area (Å²) in [7, 11) is 0. The van der Waals surface area contributed by atoms with Crippen molar-refractivity contribution in [1.82, 2.24) is 4.98 Å². The first-order valence-electron chi connectivity index (χ1n) is 16.5. The minimum atomic E-state index is 0.0628. The molecule has 0 saturated carbocycles. The average Bonchev–Trinajstić information content (AvgIpc) is 3.86. The number of aromatic nitrogens is 1. The van der Waals surface area contributed by atoms with Crippen molar-refractivity contribution in [3.63, 3.8) is 0 Å². The number of oxime groups is 2. The lowest BCUT2D eigenvalue weighted by Gasteiger charge is -2.08. The van der Waals surface area contributed by atoms with E-state index >= 15 is 0 Å². The Kier molecular flexibility index (Phi) is 10.5. The molecule has 8 rings (SSSR count). The van der Waals surface area contributed by atoms with Gasteiger partial charge in [-0.2, -0.15) is 0 Å². The van der Waals surface area contributed by atoms with Crippen molar-refractivity contribution >= 4 is 98.6 Å². The van der Waals surface area contributed by atoms with E-state index in [-0.39, 0.29) is 11.7 Å². The molecule has 12 heteroatoms. The van der Waals surface area contributed by atoms with Crippen LogP contribution in [0.4, 0.5) is 11.4 Å². The molecule has 0 amide bonds. The summed E-state index contributed by atoms with van der Waals surface area (Å²) >= 11 is 10.3. The van der Waals surface area contributed by atoms with Gasteiger partial charge in [-0.1, -0.05) is 114 Å². The molecular formula is C39H32Br3N5O4. The number of fused-ring (bicyclic) bond motifs is 4. The van der Waals surface area contributed by atoms with E-state index in [0.717, 1.165) is 72.0 Å². The number of anilines is 1. The number of nitrogens with one attached hydrogen (secondary N) is 2. The molecule has 0 fully saturated rings. The zero-order valence-corrected chi connectivity index (χ0v) is 32.2. The number of unbranched alkanes of at least 4 members (excludes halogenated alkanes) is 1.